The smallest absolute Gasteiger partial charge is 0.250 e. The van der Waals surface area contributed by atoms with Gasteiger partial charge in [0.05, 0.1) is 6.54 Å². The highest BCUT2D eigenvalue weighted by Gasteiger charge is 2.25. The highest BCUT2D eigenvalue weighted by Crippen LogP contribution is 2.17. The fourth-order valence-electron chi connectivity index (χ4n) is 1.08. The van der Waals surface area contributed by atoms with Gasteiger partial charge in [-0.1, -0.05) is 0 Å². The molecule has 0 spiro atoms. The van der Waals surface area contributed by atoms with Gasteiger partial charge in [-0.15, -0.1) is 0 Å². The molecule has 0 heterocycles. The molecule has 0 amide bonds. The zero-order valence-corrected chi connectivity index (χ0v) is 5.69. The highest BCUT2D eigenvalue weighted by molar-refractivity contribution is 4.87. The van der Waals surface area contributed by atoms with E-state index in [9.17, 15) is 8.78 Å². The van der Waals surface area contributed by atoms with Crippen molar-refractivity contribution in [3.05, 3.63) is 0 Å². The Hall–Kier alpha value is -0.220. The molecule has 60 valence electrons. The second kappa shape index (κ2) is 3.25. The Labute approximate surface area is 58.8 Å². The maximum atomic E-state index is 11.6. The van der Waals surface area contributed by atoms with E-state index in [4.69, 9.17) is 5.73 Å². The second-order valence-corrected chi connectivity index (χ2v) is 2.73. The Kier molecular flexibility index (Phi) is 2.56. The van der Waals surface area contributed by atoms with E-state index >= 15 is 0 Å². The van der Waals surface area contributed by atoms with Gasteiger partial charge >= 0.3 is 0 Å². The molecule has 0 aromatic carbocycles. The summed E-state index contributed by atoms with van der Waals surface area (Å²) in [7, 11) is 0. The first-order chi connectivity index (χ1) is 4.68. The van der Waals surface area contributed by atoms with Crippen LogP contribution < -0.4 is 11.1 Å². The summed E-state index contributed by atoms with van der Waals surface area (Å²) in [6.07, 6.45) is -0.559. The van der Waals surface area contributed by atoms with E-state index in [2.05, 4.69) is 5.32 Å². The number of hydrogen-bond acceptors (Lipinski definition) is 2. The van der Waals surface area contributed by atoms with Gasteiger partial charge in [0.1, 0.15) is 0 Å². The maximum absolute atomic E-state index is 11.6. The van der Waals surface area contributed by atoms with Crippen molar-refractivity contribution in [2.24, 2.45) is 5.73 Å². The number of nitrogens with two attached hydrogens (primary N) is 1. The van der Waals surface area contributed by atoms with E-state index in [1.165, 1.54) is 0 Å². The summed E-state index contributed by atoms with van der Waals surface area (Å²) in [5, 5.41) is 2.72. The lowest BCUT2D eigenvalue weighted by Crippen LogP contribution is -2.49. The minimum absolute atomic E-state index is 0.197. The van der Waals surface area contributed by atoms with Gasteiger partial charge in [0.2, 0.25) is 0 Å². The number of hydrogen-bond donors (Lipinski definition) is 2. The summed E-state index contributed by atoms with van der Waals surface area (Å²) in [6.45, 7) is -0.197. The lowest BCUT2D eigenvalue weighted by atomic mass is 9.88. The molecular formula is C6H12F2N2. The normalized spacial score (nSPS) is 32.4. The monoisotopic (exact) mass is 150 g/mol. The number of alkyl halides is 2. The first kappa shape index (κ1) is 7.88. The molecular weight excluding hydrogens is 138 g/mol. The molecule has 0 saturated heterocycles. The van der Waals surface area contributed by atoms with Crippen molar-refractivity contribution in [3.8, 4) is 0 Å². The quantitative estimate of drug-likeness (QED) is 0.608. The topological polar surface area (TPSA) is 38.0 Å². The van der Waals surface area contributed by atoms with Gasteiger partial charge in [-0.3, -0.25) is 0 Å². The number of halogens is 2. The number of rotatable bonds is 3. The fraction of sp³-hybridized carbons (Fsp3) is 1.00. The van der Waals surface area contributed by atoms with Crippen molar-refractivity contribution in [2.75, 3.05) is 6.54 Å². The average Bonchev–Trinajstić information content (AvgIpc) is 1.77. The van der Waals surface area contributed by atoms with Crippen LogP contribution >= 0.6 is 0 Å². The van der Waals surface area contributed by atoms with Crippen LogP contribution in [0.2, 0.25) is 0 Å². The predicted molar refractivity (Wildman–Crippen MR) is 35.0 cm³/mol. The van der Waals surface area contributed by atoms with Crippen molar-refractivity contribution in [1.29, 1.82) is 0 Å². The molecule has 3 N–H and O–H groups in total. The van der Waals surface area contributed by atoms with Crippen LogP contribution in [0.25, 0.3) is 0 Å². The van der Waals surface area contributed by atoms with Gasteiger partial charge in [0, 0.05) is 12.1 Å². The summed E-state index contributed by atoms with van der Waals surface area (Å²) in [6, 6.07) is 0.471. The Bertz CT molecular complexity index is 102. The molecule has 1 rings (SSSR count). The van der Waals surface area contributed by atoms with Crippen LogP contribution in [-0.2, 0) is 0 Å². The van der Waals surface area contributed by atoms with Crippen molar-refractivity contribution in [3.63, 3.8) is 0 Å². The van der Waals surface area contributed by atoms with Crippen molar-refractivity contribution in [2.45, 2.75) is 31.4 Å². The van der Waals surface area contributed by atoms with Gasteiger partial charge in [0.15, 0.2) is 0 Å². The van der Waals surface area contributed by atoms with Crippen molar-refractivity contribution in [1.82, 2.24) is 5.32 Å². The minimum atomic E-state index is -2.24. The van der Waals surface area contributed by atoms with E-state index in [1.807, 2.05) is 0 Å². The standard InChI is InChI=1S/C6H12F2N2/c7-6(8)3-10-5-1-4(9)2-5/h4-6,10H,1-3,9H2. The highest BCUT2D eigenvalue weighted by atomic mass is 19.3. The van der Waals surface area contributed by atoms with Crippen LogP contribution in [0.1, 0.15) is 12.8 Å². The predicted octanol–water partition coefficient (Wildman–Crippen LogP) is 0.331. The molecule has 1 aliphatic rings. The Morgan fingerprint density at radius 1 is 1.50 bits per heavy atom. The van der Waals surface area contributed by atoms with Crippen LogP contribution in [0.3, 0.4) is 0 Å². The molecule has 0 bridgehead atoms. The first-order valence-corrected chi connectivity index (χ1v) is 3.45. The summed E-state index contributed by atoms with van der Waals surface area (Å²) in [5.41, 5.74) is 5.45. The lowest BCUT2D eigenvalue weighted by molar-refractivity contribution is 0.131. The van der Waals surface area contributed by atoms with E-state index in [0.717, 1.165) is 12.8 Å². The van der Waals surface area contributed by atoms with E-state index in [0.29, 0.717) is 0 Å². The fourth-order valence-corrected chi connectivity index (χ4v) is 1.08. The third-order valence-corrected chi connectivity index (χ3v) is 1.74. The lowest BCUT2D eigenvalue weighted by Gasteiger charge is -2.33. The van der Waals surface area contributed by atoms with Crippen LogP contribution in [0.4, 0.5) is 8.78 Å². The van der Waals surface area contributed by atoms with Gasteiger partial charge in [0.25, 0.3) is 6.43 Å². The molecule has 0 aromatic heterocycles. The van der Waals surface area contributed by atoms with Crippen LogP contribution in [0, 0.1) is 0 Å². The molecule has 4 heteroatoms. The molecule has 0 radical (unpaired) electrons. The molecule has 1 saturated carbocycles. The van der Waals surface area contributed by atoms with E-state index in [1.54, 1.807) is 0 Å². The molecule has 1 fully saturated rings. The SMILES string of the molecule is NC1CC(NCC(F)F)C1. The van der Waals surface area contributed by atoms with Gasteiger partial charge in [-0.25, -0.2) is 8.78 Å². The molecule has 0 atom stereocenters. The Balaban J connectivity index is 1.95. The van der Waals surface area contributed by atoms with Crippen LogP contribution in [0.5, 0.6) is 0 Å². The zero-order chi connectivity index (χ0) is 7.56. The van der Waals surface area contributed by atoms with Crippen molar-refractivity contribution < 1.29 is 8.78 Å². The van der Waals surface area contributed by atoms with Gasteiger partial charge in [-0.2, -0.15) is 0 Å². The third kappa shape index (κ3) is 2.19. The van der Waals surface area contributed by atoms with E-state index < -0.39 is 6.43 Å². The maximum Gasteiger partial charge on any atom is 0.250 e. The average molecular weight is 150 g/mol. The van der Waals surface area contributed by atoms with Crippen LogP contribution in [-0.4, -0.2) is 25.1 Å². The minimum Gasteiger partial charge on any atom is -0.328 e. The second-order valence-electron chi connectivity index (χ2n) is 2.73. The van der Waals surface area contributed by atoms with Gasteiger partial charge in [-0.05, 0) is 12.8 Å². The molecule has 0 unspecified atom stereocenters. The Morgan fingerprint density at radius 3 is 2.50 bits per heavy atom. The summed E-state index contributed by atoms with van der Waals surface area (Å²) < 4.78 is 23.1. The molecule has 0 aliphatic heterocycles. The Morgan fingerprint density at radius 2 is 2.10 bits per heavy atom. The van der Waals surface area contributed by atoms with Crippen LogP contribution in [0.15, 0.2) is 0 Å². The summed E-state index contributed by atoms with van der Waals surface area (Å²) >= 11 is 0. The number of nitrogens with one attached hydrogen (secondary N) is 1. The third-order valence-electron chi connectivity index (χ3n) is 1.74. The summed E-state index contributed by atoms with van der Waals surface area (Å²) in [5.74, 6) is 0. The molecule has 2 nitrogen and oxygen atoms in total. The first-order valence-electron chi connectivity index (χ1n) is 3.45. The molecule has 1 aliphatic carbocycles. The molecule has 10 heavy (non-hydrogen) atoms. The summed E-state index contributed by atoms with van der Waals surface area (Å²) in [4.78, 5) is 0. The van der Waals surface area contributed by atoms with Crippen molar-refractivity contribution >= 4 is 0 Å². The molecule has 0 aromatic rings. The largest absolute Gasteiger partial charge is 0.328 e. The zero-order valence-electron chi connectivity index (χ0n) is 5.69. The van der Waals surface area contributed by atoms with E-state index in [-0.39, 0.29) is 18.6 Å². The van der Waals surface area contributed by atoms with Gasteiger partial charge < -0.3 is 11.1 Å².